The Morgan fingerprint density at radius 3 is 3.00 bits per heavy atom. The van der Waals surface area contributed by atoms with Gasteiger partial charge in [-0.25, -0.2) is 9.97 Å². The van der Waals surface area contributed by atoms with Crippen molar-refractivity contribution in [2.75, 3.05) is 5.32 Å². The number of aryl methyl sites for hydroxylation is 1. The van der Waals surface area contributed by atoms with E-state index in [1.165, 1.54) is 5.56 Å². The molecular weight excluding hydrogens is 206 g/mol. The van der Waals surface area contributed by atoms with Gasteiger partial charge >= 0.3 is 0 Å². The first-order valence-electron chi connectivity index (χ1n) is 5.17. The molecule has 0 aliphatic carbocycles. The van der Waals surface area contributed by atoms with Crippen molar-refractivity contribution >= 4 is 27.4 Å². The summed E-state index contributed by atoms with van der Waals surface area (Å²) in [7, 11) is 0. The maximum Gasteiger partial charge on any atom is 0.147 e. The lowest BCUT2D eigenvalue weighted by atomic mass is 10.2. The van der Waals surface area contributed by atoms with Crippen LogP contribution < -0.4 is 5.32 Å². The summed E-state index contributed by atoms with van der Waals surface area (Å²) in [5.74, 6) is 0.965. The molecule has 0 aliphatic heterocycles. The second-order valence-corrected chi connectivity index (χ2v) is 4.65. The Morgan fingerprint density at radius 1 is 1.47 bits per heavy atom. The fourth-order valence-electron chi connectivity index (χ4n) is 1.41. The highest BCUT2D eigenvalue weighted by Crippen LogP contribution is 2.28. The Hall–Kier alpha value is -1.16. The van der Waals surface area contributed by atoms with Crippen molar-refractivity contribution in [3.05, 3.63) is 17.3 Å². The largest absolute Gasteiger partial charge is 0.366 e. The molecule has 4 heteroatoms. The van der Waals surface area contributed by atoms with Gasteiger partial charge in [-0.3, -0.25) is 0 Å². The lowest BCUT2D eigenvalue weighted by Crippen LogP contribution is -2.14. The fourth-order valence-corrected chi connectivity index (χ4v) is 2.36. The van der Waals surface area contributed by atoms with Crippen LogP contribution >= 0.6 is 11.3 Å². The van der Waals surface area contributed by atoms with E-state index in [9.17, 15) is 0 Å². The van der Waals surface area contributed by atoms with Crippen LogP contribution in [-0.4, -0.2) is 16.0 Å². The number of nitrogens with zero attached hydrogens (tertiary/aromatic N) is 2. The van der Waals surface area contributed by atoms with Crippen LogP contribution in [0.15, 0.2) is 11.7 Å². The van der Waals surface area contributed by atoms with E-state index in [0.29, 0.717) is 6.04 Å². The molecule has 2 aromatic rings. The molecule has 0 aliphatic rings. The van der Waals surface area contributed by atoms with Crippen LogP contribution in [-0.2, 0) is 0 Å². The number of fused-ring (bicyclic) bond motifs is 1. The number of hydrogen-bond acceptors (Lipinski definition) is 4. The second-order valence-electron chi connectivity index (χ2n) is 3.77. The molecule has 80 valence electrons. The second kappa shape index (κ2) is 4.14. The van der Waals surface area contributed by atoms with Gasteiger partial charge in [-0.2, -0.15) is 0 Å². The maximum atomic E-state index is 4.30. The molecule has 0 aromatic carbocycles. The SMILES string of the molecule is CCC(C)Nc1ncnc2c(C)csc12. The summed E-state index contributed by atoms with van der Waals surface area (Å²) >= 11 is 1.71. The van der Waals surface area contributed by atoms with Gasteiger partial charge in [-0.15, -0.1) is 11.3 Å². The summed E-state index contributed by atoms with van der Waals surface area (Å²) in [6.45, 7) is 6.41. The minimum absolute atomic E-state index is 0.450. The van der Waals surface area contributed by atoms with Crippen molar-refractivity contribution in [3.8, 4) is 0 Å². The molecule has 0 radical (unpaired) electrons. The van der Waals surface area contributed by atoms with Crippen LogP contribution in [0, 0.1) is 6.92 Å². The minimum Gasteiger partial charge on any atom is -0.366 e. The average molecular weight is 221 g/mol. The van der Waals surface area contributed by atoms with Gasteiger partial charge in [0.05, 0.1) is 10.2 Å². The van der Waals surface area contributed by atoms with Gasteiger partial charge in [0.15, 0.2) is 0 Å². The average Bonchev–Trinajstić information content (AvgIpc) is 2.62. The lowest BCUT2D eigenvalue weighted by molar-refractivity contribution is 0.760. The van der Waals surface area contributed by atoms with Gasteiger partial charge < -0.3 is 5.32 Å². The van der Waals surface area contributed by atoms with Gasteiger partial charge in [-0.05, 0) is 31.2 Å². The molecule has 0 amide bonds. The van der Waals surface area contributed by atoms with Crippen LogP contribution in [0.25, 0.3) is 10.2 Å². The Morgan fingerprint density at radius 2 is 2.27 bits per heavy atom. The standard InChI is InChI=1S/C11H15N3S/c1-4-8(3)14-11-10-9(12-6-13-11)7(2)5-15-10/h5-6,8H,4H2,1-3H3,(H,12,13,14). The van der Waals surface area contributed by atoms with E-state index in [1.807, 2.05) is 0 Å². The van der Waals surface area contributed by atoms with Crippen molar-refractivity contribution in [2.24, 2.45) is 0 Å². The van der Waals surface area contributed by atoms with Crippen molar-refractivity contribution in [2.45, 2.75) is 33.2 Å². The summed E-state index contributed by atoms with van der Waals surface area (Å²) in [5, 5.41) is 5.53. The summed E-state index contributed by atoms with van der Waals surface area (Å²) in [6, 6.07) is 0.450. The zero-order valence-corrected chi connectivity index (χ0v) is 10.1. The molecule has 1 atom stereocenters. The fraction of sp³-hybridized carbons (Fsp3) is 0.455. The Kier molecular flexibility index (Phi) is 2.86. The molecule has 2 rings (SSSR count). The Labute approximate surface area is 93.6 Å². The first kappa shape index (κ1) is 10.4. The van der Waals surface area contributed by atoms with E-state index in [0.717, 1.165) is 22.5 Å². The normalized spacial score (nSPS) is 13.0. The highest BCUT2D eigenvalue weighted by Gasteiger charge is 2.09. The van der Waals surface area contributed by atoms with Gasteiger partial charge in [0.25, 0.3) is 0 Å². The molecule has 0 bridgehead atoms. The zero-order valence-electron chi connectivity index (χ0n) is 9.24. The quantitative estimate of drug-likeness (QED) is 0.864. The third-order valence-corrected chi connectivity index (χ3v) is 3.62. The smallest absolute Gasteiger partial charge is 0.147 e. The number of nitrogens with one attached hydrogen (secondary N) is 1. The molecule has 0 spiro atoms. The van der Waals surface area contributed by atoms with Crippen molar-refractivity contribution in [1.82, 2.24) is 9.97 Å². The van der Waals surface area contributed by atoms with Crippen LogP contribution in [0.3, 0.4) is 0 Å². The molecule has 0 saturated heterocycles. The third kappa shape index (κ3) is 1.95. The van der Waals surface area contributed by atoms with Crippen LogP contribution in [0.2, 0.25) is 0 Å². The Balaban J connectivity index is 2.43. The van der Waals surface area contributed by atoms with E-state index in [2.05, 4.69) is 41.4 Å². The lowest BCUT2D eigenvalue weighted by Gasteiger charge is -2.11. The molecule has 2 heterocycles. The zero-order chi connectivity index (χ0) is 10.8. The highest BCUT2D eigenvalue weighted by molar-refractivity contribution is 7.18. The molecular formula is C11H15N3S. The molecule has 1 unspecified atom stereocenters. The van der Waals surface area contributed by atoms with Crippen LogP contribution in [0.4, 0.5) is 5.82 Å². The summed E-state index contributed by atoms with van der Waals surface area (Å²) in [4.78, 5) is 8.59. The van der Waals surface area contributed by atoms with Gasteiger partial charge in [0, 0.05) is 6.04 Å². The highest BCUT2D eigenvalue weighted by atomic mass is 32.1. The molecule has 0 saturated carbocycles. The predicted octanol–water partition coefficient (Wildman–Crippen LogP) is 3.21. The number of anilines is 1. The van der Waals surface area contributed by atoms with Crippen LogP contribution in [0.5, 0.6) is 0 Å². The van der Waals surface area contributed by atoms with Gasteiger partial charge in [0.2, 0.25) is 0 Å². The predicted molar refractivity (Wildman–Crippen MR) is 65.5 cm³/mol. The topological polar surface area (TPSA) is 37.8 Å². The third-order valence-electron chi connectivity index (χ3n) is 2.53. The maximum absolute atomic E-state index is 4.30. The van der Waals surface area contributed by atoms with E-state index in [-0.39, 0.29) is 0 Å². The summed E-state index contributed by atoms with van der Waals surface area (Å²) < 4.78 is 1.16. The van der Waals surface area contributed by atoms with Gasteiger partial charge in [-0.1, -0.05) is 6.92 Å². The minimum atomic E-state index is 0.450. The van der Waals surface area contributed by atoms with E-state index < -0.39 is 0 Å². The van der Waals surface area contributed by atoms with Crippen molar-refractivity contribution in [1.29, 1.82) is 0 Å². The molecule has 1 N–H and O–H groups in total. The summed E-state index contributed by atoms with van der Waals surface area (Å²) in [5.41, 5.74) is 2.30. The van der Waals surface area contributed by atoms with Crippen molar-refractivity contribution < 1.29 is 0 Å². The first-order valence-corrected chi connectivity index (χ1v) is 6.05. The Bertz CT molecular complexity index is 464. The van der Waals surface area contributed by atoms with E-state index in [4.69, 9.17) is 0 Å². The van der Waals surface area contributed by atoms with Crippen LogP contribution in [0.1, 0.15) is 25.8 Å². The summed E-state index contributed by atoms with van der Waals surface area (Å²) in [6.07, 6.45) is 2.72. The first-order chi connectivity index (χ1) is 7.22. The molecule has 3 nitrogen and oxygen atoms in total. The van der Waals surface area contributed by atoms with Gasteiger partial charge in [0.1, 0.15) is 12.1 Å². The number of rotatable bonds is 3. The van der Waals surface area contributed by atoms with E-state index in [1.54, 1.807) is 17.7 Å². The number of thiophene rings is 1. The monoisotopic (exact) mass is 221 g/mol. The number of aromatic nitrogens is 2. The number of hydrogen-bond donors (Lipinski definition) is 1. The van der Waals surface area contributed by atoms with E-state index >= 15 is 0 Å². The molecule has 15 heavy (non-hydrogen) atoms. The molecule has 2 aromatic heterocycles. The van der Waals surface area contributed by atoms with Crippen molar-refractivity contribution in [3.63, 3.8) is 0 Å². The molecule has 0 fully saturated rings.